The van der Waals surface area contributed by atoms with E-state index in [1.807, 2.05) is 0 Å². The third-order valence-corrected chi connectivity index (χ3v) is 5.82. The van der Waals surface area contributed by atoms with E-state index in [4.69, 9.17) is 0 Å². The predicted molar refractivity (Wildman–Crippen MR) is 117 cm³/mol. The van der Waals surface area contributed by atoms with Crippen molar-refractivity contribution in [1.82, 2.24) is 0 Å². The molecule has 0 heterocycles. The third-order valence-electron chi connectivity index (χ3n) is 3.65. The minimum atomic E-state index is 1.21. The predicted octanol–water partition coefficient (Wildman–Crippen LogP) is 6.04. The van der Waals surface area contributed by atoms with Crippen molar-refractivity contribution < 1.29 is 0 Å². The topological polar surface area (TPSA) is 0 Å². The summed E-state index contributed by atoms with van der Waals surface area (Å²) in [5.74, 6) is 0. The molecule has 1 unspecified atom stereocenters. The molecular weight excluding hydrogens is 513 g/mol. The lowest BCUT2D eigenvalue weighted by atomic mass is 9.98. The summed E-state index contributed by atoms with van der Waals surface area (Å²) in [6.45, 7) is 2.15. The lowest BCUT2D eigenvalue weighted by Gasteiger charge is -2.09. The third kappa shape index (κ3) is 3.72. The lowest BCUT2D eigenvalue weighted by Crippen LogP contribution is -1.90. The van der Waals surface area contributed by atoms with Crippen LogP contribution in [0.5, 0.6) is 0 Å². The van der Waals surface area contributed by atoms with Gasteiger partial charge in [0.1, 0.15) is 0 Å². The Balaban J connectivity index is 2.09. The zero-order chi connectivity index (χ0) is 15.7. The molecule has 0 aliphatic rings. The van der Waals surface area contributed by atoms with Crippen molar-refractivity contribution in [2.24, 2.45) is 0 Å². The Morgan fingerprint density at radius 1 is 0.682 bits per heavy atom. The van der Waals surface area contributed by atoms with Gasteiger partial charge in [0, 0.05) is 7.14 Å². The number of rotatable bonds is 2. The Labute approximate surface area is 161 Å². The molecule has 0 amide bonds. The molecule has 0 radical (unpaired) electrons. The molecule has 0 bridgehead atoms. The maximum Gasteiger partial charge on any atom is 0.0165 e. The summed E-state index contributed by atoms with van der Waals surface area (Å²) in [6.07, 6.45) is 0. The maximum atomic E-state index is 2.73. The van der Waals surface area contributed by atoms with Gasteiger partial charge in [0.2, 0.25) is 0 Å². The second-order valence-corrected chi connectivity index (χ2v) is 8.39. The summed E-state index contributed by atoms with van der Waals surface area (Å²) >= 11 is 4.81. The van der Waals surface area contributed by atoms with Crippen molar-refractivity contribution in [3.05, 3.63) is 73.4 Å². The van der Waals surface area contributed by atoms with E-state index in [9.17, 15) is 0 Å². The number of aryl methyl sites for hydroxylation is 1. The van der Waals surface area contributed by atoms with Crippen LogP contribution in [0.15, 0.2) is 60.7 Å². The highest BCUT2D eigenvalue weighted by molar-refractivity contribution is 14.1. The van der Waals surface area contributed by atoms with E-state index in [0.29, 0.717) is 0 Å². The maximum absolute atomic E-state index is 2.73. The van der Waals surface area contributed by atoms with E-state index < -0.39 is 0 Å². The first-order chi connectivity index (χ1) is 10.5. The zero-order valence-corrected chi connectivity index (χ0v) is 17.6. The van der Waals surface area contributed by atoms with Crippen molar-refractivity contribution in [2.45, 2.75) is 6.92 Å². The van der Waals surface area contributed by atoms with Gasteiger partial charge in [0.05, 0.1) is 0 Å². The standard InChI is InChI=1S/C19H15I2P/c1-12-2-3-14(11-19(12)21)16-8-15(9-17(20)10-16)13-4-6-18(22)7-5-13/h2-11H,22H2,1H3. The van der Waals surface area contributed by atoms with Gasteiger partial charge in [-0.25, -0.2) is 0 Å². The van der Waals surface area contributed by atoms with Gasteiger partial charge in [-0.1, -0.05) is 36.4 Å². The highest BCUT2D eigenvalue weighted by Crippen LogP contribution is 2.30. The van der Waals surface area contributed by atoms with Crippen molar-refractivity contribution in [3.63, 3.8) is 0 Å². The van der Waals surface area contributed by atoms with E-state index in [2.05, 4.69) is 122 Å². The summed E-state index contributed by atoms with van der Waals surface area (Å²) in [5, 5.41) is 1.21. The molecule has 0 N–H and O–H groups in total. The van der Waals surface area contributed by atoms with Crippen LogP contribution in [-0.2, 0) is 0 Å². The van der Waals surface area contributed by atoms with Crippen LogP contribution in [0.2, 0.25) is 0 Å². The van der Waals surface area contributed by atoms with Crippen LogP contribution < -0.4 is 5.30 Å². The average Bonchev–Trinajstić information content (AvgIpc) is 2.50. The first-order valence-corrected chi connectivity index (χ1v) is 9.69. The molecule has 0 nitrogen and oxygen atoms in total. The summed E-state index contributed by atoms with van der Waals surface area (Å²) < 4.78 is 2.57. The molecule has 0 saturated carbocycles. The largest absolute Gasteiger partial charge is 0.106 e. The Morgan fingerprint density at radius 2 is 1.27 bits per heavy atom. The van der Waals surface area contributed by atoms with Gasteiger partial charge in [0.25, 0.3) is 0 Å². The van der Waals surface area contributed by atoms with E-state index in [0.717, 1.165) is 0 Å². The molecule has 3 aromatic rings. The summed E-state index contributed by atoms with van der Waals surface area (Å²) in [7, 11) is 2.73. The quantitative estimate of drug-likeness (QED) is 0.281. The van der Waals surface area contributed by atoms with Crippen molar-refractivity contribution in [1.29, 1.82) is 0 Å². The van der Waals surface area contributed by atoms with Gasteiger partial charge in [-0.15, -0.1) is 9.24 Å². The lowest BCUT2D eigenvalue weighted by molar-refractivity contribution is 1.42. The Kier molecular flexibility index (Phi) is 5.20. The highest BCUT2D eigenvalue weighted by Gasteiger charge is 2.06. The van der Waals surface area contributed by atoms with Crippen LogP contribution in [0.3, 0.4) is 0 Å². The molecule has 3 rings (SSSR count). The number of halogens is 2. The van der Waals surface area contributed by atoms with Crippen LogP contribution in [0, 0.1) is 14.1 Å². The molecule has 22 heavy (non-hydrogen) atoms. The summed E-state index contributed by atoms with van der Waals surface area (Å²) in [5.41, 5.74) is 6.40. The number of hydrogen-bond acceptors (Lipinski definition) is 0. The first-order valence-electron chi connectivity index (χ1n) is 6.96. The van der Waals surface area contributed by atoms with Crippen molar-refractivity contribution >= 4 is 59.7 Å². The molecule has 0 aromatic heterocycles. The van der Waals surface area contributed by atoms with E-state index >= 15 is 0 Å². The highest BCUT2D eigenvalue weighted by atomic mass is 127. The van der Waals surface area contributed by atoms with E-state index in [-0.39, 0.29) is 0 Å². The number of benzene rings is 3. The monoisotopic (exact) mass is 528 g/mol. The van der Waals surface area contributed by atoms with Crippen molar-refractivity contribution in [3.8, 4) is 22.3 Å². The van der Waals surface area contributed by atoms with Crippen molar-refractivity contribution in [2.75, 3.05) is 0 Å². The second-order valence-electron chi connectivity index (χ2n) is 5.31. The van der Waals surface area contributed by atoms with E-state index in [1.54, 1.807) is 0 Å². The fourth-order valence-electron chi connectivity index (χ4n) is 2.37. The van der Waals surface area contributed by atoms with Crippen LogP contribution in [0.1, 0.15) is 5.56 Å². The van der Waals surface area contributed by atoms with Gasteiger partial charge in [-0.3, -0.25) is 0 Å². The molecule has 0 aliphatic heterocycles. The SMILES string of the molecule is Cc1ccc(-c2cc(I)cc(-c3ccc(P)cc3)c2)cc1I. The Morgan fingerprint density at radius 3 is 1.91 bits per heavy atom. The molecular formula is C19H15I2P. The molecule has 0 aliphatic carbocycles. The van der Waals surface area contributed by atoms with Gasteiger partial charge in [-0.2, -0.15) is 0 Å². The number of hydrogen-bond donors (Lipinski definition) is 0. The van der Waals surface area contributed by atoms with Gasteiger partial charge in [0.15, 0.2) is 0 Å². The summed E-state index contributed by atoms with van der Waals surface area (Å²) in [6, 6.07) is 22.0. The van der Waals surface area contributed by atoms with E-state index in [1.165, 1.54) is 40.3 Å². The normalized spacial score (nSPS) is 10.7. The van der Waals surface area contributed by atoms with Crippen LogP contribution in [0.25, 0.3) is 22.3 Å². The van der Waals surface area contributed by atoms with Crippen LogP contribution in [-0.4, -0.2) is 0 Å². The second kappa shape index (κ2) is 6.98. The first kappa shape index (κ1) is 16.4. The van der Waals surface area contributed by atoms with Crippen LogP contribution >= 0.6 is 54.4 Å². The molecule has 110 valence electrons. The average molecular weight is 528 g/mol. The molecule has 3 aromatic carbocycles. The molecule has 0 saturated heterocycles. The van der Waals surface area contributed by atoms with Gasteiger partial charge < -0.3 is 0 Å². The Hall–Kier alpha value is -0.450. The van der Waals surface area contributed by atoms with Gasteiger partial charge >= 0.3 is 0 Å². The molecule has 0 fully saturated rings. The smallest absolute Gasteiger partial charge is 0.0165 e. The molecule has 3 heteroatoms. The van der Waals surface area contributed by atoms with Gasteiger partial charge in [-0.05, 0) is 109 Å². The minimum absolute atomic E-state index is 1.21. The minimum Gasteiger partial charge on any atom is -0.106 e. The summed E-state index contributed by atoms with van der Waals surface area (Å²) in [4.78, 5) is 0. The zero-order valence-electron chi connectivity index (χ0n) is 12.1. The van der Waals surface area contributed by atoms with Crippen LogP contribution in [0.4, 0.5) is 0 Å². The Bertz CT molecular complexity index is 823. The molecule has 0 spiro atoms. The fourth-order valence-corrected chi connectivity index (χ4v) is 3.75. The fraction of sp³-hybridized carbons (Fsp3) is 0.0526. The molecule has 1 atom stereocenters.